The van der Waals surface area contributed by atoms with Crippen molar-refractivity contribution in [3.63, 3.8) is 0 Å². The summed E-state index contributed by atoms with van der Waals surface area (Å²) in [6.07, 6.45) is 3.43. The fourth-order valence-corrected chi connectivity index (χ4v) is 2.01. The summed E-state index contributed by atoms with van der Waals surface area (Å²) in [4.78, 5) is 12.1. The SMILES string of the molecule is CCCOc1ccc(C(=O)C(C)C2CC2)cc1. The van der Waals surface area contributed by atoms with Crippen molar-refractivity contribution in [2.75, 3.05) is 6.61 Å². The second-order valence-electron chi connectivity index (χ2n) is 4.86. The third-order valence-electron chi connectivity index (χ3n) is 3.35. The van der Waals surface area contributed by atoms with Gasteiger partial charge in [0.1, 0.15) is 5.75 Å². The topological polar surface area (TPSA) is 26.3 Å². The van der Waals surface area contributed by atoms with Gasteiger partial charge >= 0.3 is 0 Å². The van der Waals surface area contributed by atoms with Gasteiger partial charge in [-0.25, -0.2) is 0 Å². The number of Topliss-reactive ketones (excluding diaryl/α,β-unsaturated/α-hetero) is 1. The lowest BCUT2D eigenvalue weighted by Gasteiger charge is -2.09. The lowest BCUT2D eigenvalue weighted by Crippen LogP contribution is -2.13. The van der Waals surface area contributed by atoms with Gasteiger partial charge in [0.25, 0.3) is 0 Å². The Balaban J connectivity index is 1.98. The van der Waals surface area contributed by atoms with Crippen LogP contribution in [0.4, 0.5) is 0 Å². The van der Waals surface area contributed by atoms with E-state index in [0.29, 0.717) is 5.92 Å². The first-order chi connectivity index (χ1) is 8.22. The molecule has 2 heteroatoms. The Morgan fingerprint density at radius 1 is 1.35 bits per heavy atom. The van der Waals surface area contributed by atoms with Crippen molar-refractivity contribution in [3.8, 4) is 5.75 Å². The summed E-state index contributed by atoms with van der Waals surface area (Å²) < 4.78 is 5.50. The van der Waals surface area contributed by atoms with E-state index in [1.54, 1.807) is 0 Å². The van der Waals surface area contributed by atoms with Crippen molar-refractivity contribution in [1.29, 1.82) is 0 Å². The number of rotatable bonds is 6. The molecular weight excluding hydrogens is 212 g/mol. The highest BCUT2D eigenvalue weighted by molar-refractivity contribution is 5.98. The molecule has 0 spiro atoms. The second kappa shape index (κ2) is 5.35. The maximum absolute atomic E-state index is 12.1. The third-order valence-corrected chi connectivity index (χ3v) is 3.35. The van der Waals surface area contributed by atoms with Gasteiger partial charge in [0.2, 0.25) is 0 Å². The number of hydrogen-bond donors (Lipinski definition) is 0. The van der Waals surface area contributed by atoms with Crippen molar-refractivity contribution < 1.29 is 9.53 Å². The average molecular weight is 232 g/mol. The van der Waals surface area contributed by atoms with Gasteiger partial charge < -0.3 is 4.74 Å². The van der Waals surface area contributed by atoms with Crippen molar-refractivity contribution in [2.24, 2.45) is 11.8 Å². The molecule has 1 aromatic carbocycles. The minimum absolute atomic E-state index is 0.178. The van der Waals surface area contributed by atoms with Crippen LogP contribution >= 0.6 is 0 Å². The highest BCUT2D eigenvalue weighted by atomic mass is 16.5. The van der Waals surface area contributed by atoms with Gasteiger partial charge in [0.15, 0.2) is 5.78 Å². The first-order valence-electron chi connectivity index (χ1n) is 6.49. The molecule has 1 aliphatic rings. The Bertz CT molecular complexity index is 376. The number of ether oxygens (including phenoxy) is 1. The van der Waals surface area contributed by atoms with E-state index in [0.717, 1.165) is 24.3 Å². The smallest absolute Gasteiger partial charge is 0.165 e. The van der Waals surface area contributed by atoms with Crippen molar-refractivity contribution >= 4 is 5.78 Å². The highest BCUT2D eigenvalue weighted by Gasteiger charge is 2.32. The quantitative estimate of drug-likeness (QED) is 0.699. The molecule has 17 heavy (non-hydrogen) atoms. The molecule has 1 aromatic rings. The second-order valence-corrected chi connectivity index (χ2v) is 4.86. The molecule has 1 atom stereocenters. The van der Waals surface area contributed by atoms with Crippen molar-refractivity contribution in [3.05, 3.63) is 29.8 Å². The number of carbonyl (C=O) groups is 1. The van der Waals surface area contributed by atoms with Gasteiger partial charge in [0, 0.05) is 11.5 Å². The predicted molar refractivity (Wildman–Crippen MR) is 68.4 cm³/mol. The fraction of sp³-hybridized carbons (Fsp3) is 0.533. The number of benzene rings is 1. The van der Waals surface area contributed by atoms with E-state index in [9.17, 15) is 4.79 Å². The molecule has 0 N–H and O–H groups in total. The minimum Gasteiger partial charge on any atom is -0.494 e. The van der Waals surface area contributed by atoms with Crippen LogP contribution in [0.5, 0.6) is 5.75 Å². The third kappa shape index (κ3) is 3.09. The zero-order valence-electron chi connectivity index (χ0n) is 10.6. The van der Waals surface area contributed by atoms with E-state index in [4.69, 9.17) is 4.74 Å². The zero-order chi connectivity index (χ0) is 12.3. The zero-order valence-corrected chi connectivity index (χ0v) is 10.6. The number of hydrogen-bond acceptors (Lipinski definition) is 2. The molecular formula is C15H20O2. The standard InChI is InChI=1S/C15H20O2/c1-3-10-17-14-8-6-13(7-9-14)15(16)11(2)12-4-5-12/h6-9,11-12H,3-5,10H2,1-2H3. The van der Waals surface area contributed by atoms with Gasteiger partial charge in [-0.3, -0.25) is 4.79 Å². The van der Waals surface area contributed by atoms with Crippen LogP contribution in [-0.4, -0.2) is 12.4 Å². The van der Waals surface area contributed by atoms with Crippen LogP contribution in [0.2, 0.25) is 0 Å². The molecule has 2 rings (SSSR count). The first-order valence-corrected chi connectivity index (χ1v) is 6.49. The van der Waals surface area contributed by atoms with Gasteiger partial charge in [-0.2, -0.15) is 0 Å². The molecule has 0 aromatic heterocycles. The van der Waals surface area contributed by atoms with Crippen LogP contribution in [0.1, 0.15) is 43.5 Å². The first kappa shape index (κ1) is 12.2. The van der Waals surface area contributed by atoms with E-state index >= 15 is 0 Å². The van der Waals surface area contributed by atoms with Crippen LogP contribution in [0.3, 0.4) is 0 Å². The van der Waals surface area contributed by atoms with Crippen LogP contribution < -0.4 is 4.74 Å². The number of carbonyl (C=O) groups excluding carboxylic acids is 1. The average Bonchev–Trinajstić information content (AvgIpc) is 3.19. The van der Waals surface area contributed by atoms with Crippen LogP contribution in [-0.2, 0) is 0 Å². The minimum atomic E-state index is 0.178. The largest absolute Gasteiger partial charge is 0.494 e. The molecule has 0 radical (unpaired) electrons. The molecule has 0 aliphatic heterocycles. The maximum atomic E-state index is 12.1. The molecule has 1 unspecified atom stereocenters. The molecule has 1 saturated carbocycles. The van der Waals surface area contributed by atoms with Gasteiger partial charge in [-0.05, 0) is 49.4 Å². The van der Waals surface area contributed by atoms with E-state index < -0.39 is 0 Å². The van der Waals surface area contributed by atoms with E-state index in [1.165, 1.54) is 12.8 Å². The monoisotopic (exact) mass is 232 g/mol. The van der Waals surface area contributed by atoms with Crippen LogP contribution in [0.25, 0.3) is 0 Å². The summed E-state index contributed by atoms with van der Waals surface area (Å²) in [5.74, 6) is 1.92. The van der Waals surface area contributed by atoms with Crippen molar-refractivity contribution in [2.45, 2.75) is 33.1 Å². The van der Waals surface area contributed by atoms with Crippen molar-refractivity contribution in [1.82, 2.24) is 0 Å². The Kier molecular flexibility index (Phi) is 3.82. The molecule has 92 valence electrons. The highest BCUT2D eigenvalue weighted by Crippen LogP contribution is 2.38. The molecule has 1 aliphatic carbocycles. The molecule has 0 saturated heterocycles. The summed E-state index contributed by atoms with van der Waals surface area (Å²) in [6, 6.07) is 7.55. The molecule has 0 heterocycles. The number of ketones is 1. The lowest BCUT2D eigenvalue weighted by atomic mass is 9.95. The summed E-state index contributed by atoms with van der Waals surface area (Å²) in [7, 11) is 0. The Hall–Kier alpha value is -1.31. The molecule has 2 nitrogen and oxygen atoms in total. The Morgan fingerprint density at radius 2 is 2.00 bits per heavy atom. The van der Waals surface area contributed by atoms with Crippen LogP contribution in [0, 0.1) is 11.8 Å². The van der Waals surface area contributed by atoms with Gasteiger partial charge in [-0.15, -0.1) is 0 Å². The summed E-state index contributed by atoms with van der Waals surface area (Å²) in [5, 5.41) is 0. The Labute approximate surface area is 103 Å². The normalized spacial score (nSPS) is 16.6. The van der Waals surface area contributed by atoms with Crippen LogP contribution in [0.15, 0.2) is 24.3 Å². The summed E-state index contributed by atoms with van der Waals surface area (Å²) in [5.41, 5.74) is 0.813. The fourth-order valence-electron chi connectivity index (χ4n) is 2.01. The lowest BCUT2D eigenvalue weighted by molar-refractivity contribution is 0.0916. The molecule has 1 fully saturated rings. The summed E-state index contributed by atoms with van der Waals surface area (Å²) in [6.45, 7) is 4.85. The van der Waals surface area contributed by atoms with E-state index in [1.807, 2.05) is 31.2 Å². The maximum Gasteiger partial charge on any atom is 0.165 e. The summed E-state index contributed by atoms with van der Waals surface area (Å²) >= 11 is 0. The predicted octanol–water partition coefficient (Wildman–Crippen LogP) is 3.70. The molecule has 0 bridgehead atoms. The van der Waals surface area contributed by atoms with Gasteiger partial charge in [-0.1, -0.05) is 13.8 Å². The molecule has 0 amide bonds. The van der Waals surface area contributed by atoms with Gasteiger partial charge in [0.05, 0.1) is 6.61 Å². The Morgan fingerprint density at radius 3 is 2.53 bits per heavy atom. The van der Waals surface area contributed by atoms with E-state index in [2.05, 4.69) is 6.92 Å². The van der Waals surface area contributed by atoms with E-state index in [-0.39, 0.29) is 11.7 Å².